The fourth-order valence-electron chi connectivity index (χ4n) is 5.23. The van der Waals surface area contributed by atoms with Crippen molar-refractivity contribution in [2.45, 2.75) is 167 Å². The molecule has 0 aliphatic heterocycles. The number of aliphatic hydroxyl groups is 3. The molecule has 58 heavy (non-hydrogen) atoms. The number of allylic oxidation sites excluding steroid dienone is 13. The second-order valence-corrected chi connectivity index (χ2v) is 15.7. The molecule has 12 heteroatoms. The first-order chi connectivity index (χ1) is 28.1. The zero-order valence-corrected chi connectivity index (χ0v) is 36.5. The summed E-state index contributed by atoms with van der Waals surface area (Å²) in [5.74, 6) is -1.20. The van der Waals surface area contributed by atoms with E-state index in [1.807, 2.05) is 24.3 Å². The number of aliphatic hydroxyl groups excluding tert-OH is 3. The van der Waals surface area contributed by atoms with Gasteiger partial charge in [0.15, 0.2) is 6.10 Å². The molecule has 0 saturated carbocycles. The topological polar surface area (TPSA) is 169 Å². The summed E-state index contributed by atoms with van der Waals surface area (Å²) in [6.45, 7) is 2.04. The number of phosphoric ester groups is 1. The maximum absolute atomic E-state index is 12.6. The van der Waals surface area contributed by atoms with Gasteiger partial charge in [-0.2, -0.15) is 0 Å². The van der Waals surface area contributed by atoms with Crippen LogP contribution in [-0.2, 0) is 32.7 Å². The van der Waals surface area contributed by atoms with Gasteiger partial charge in [0, 0.05) is 12.8 Å². The minimum atomic E-state index is -4.69. The fourth-order valence-corrected chi connectivity index (χ4v) is 6.02. The summed E-state index contributed by atoms with van der Waals surface area (Å²) < 4.78 is 32.5. The van der Waals surface area contributed by atoms with Gasteiger partial charge >= 0.3 is 19.8 Å². The Labute approximate surface area is 350 Å². The molecule has 0 amide bonds. The molecule has 0 heterocycles. The normalized spacial score (nSPS) is 15.2. The monoisotopic (exact) mass is 837 g/mol. The first-order valence-corrected chi connectivity index (χ1v) is 23.1. The molecule has 0 aromatic heterocycles. The van der Waals surface area contributed by atoms with Gasteiger partial charge in [-0.3, -0.25) is 18.6 Å². The van der Waals surface area contributed by atoms with Gasteiger partial charge in [0.05, 0.1) is 25.9 Å². The zero-order chi connectivity index (χ0) is 42.8. The van der Waals surface area contributed by atoms with E-state index in [4.69, 9.17) is 19.1 Å². The van der Waals surface area contributed by atoms with Crippen molar-refractivity contribution in [3.8, 4) is 0 Å². The van der Waals surface area contributed by atoms with Crippen LogP contribution in [0.25, 0.3) is 0 Å². The van der Waals surface area contributed by atoms with Gasteiger partial charge in [-0.25, -0.2) is 4.57 Å². The lowest BCUT2D eigenvalue weighted by Gasteiger charge is -2.20. The Bertz CT molecular complexity index is 1250. The first kappa shape index (κ1) is 55.1. The number of esters is 2. The van der Waals surface area contributed by atoms with Crippen LogP contribution in [0, 0.1) is 0 Å². The second-order valence-electron chi connectivity index (χ2n) is 14.2. The zero-order valence-electron chi connectivity index (χ0n) is 35.6. The van der Waals surface area contributed by atoms with E-state index in [0.29, 0.717) is 25.7 Å². The van der Waals surface area contributed by atoms with Crippen LogP contribution >= 0.6 is 7.82 Å². The summed E-state index contributed by atoms with van der Waals surface area (Å²) in [7, 11) is -4.69. The molecule has 0 aliphatic carbocycles. The van der Waals surface area contributed by atoms with E-state index >= 15 is 0 Å². The Morgan fingerprint density at radius 2 is 1.09 bits per heavy atom. The quantitative estimate of drug-likeness (QED) is 0.0153. The van der Waals surface area contributed by atoms with Crippen LogP contribution in [0.1, 0.15) is 149 Å². The van der Waals surface area contributed by atoms with Crippen LogP contribution in [0.15, 0.2) is 85.1 Å². The van der Waals surface area contributed by atoms with E-state index in [-0.39, 0.29) is 12.8 Å². The number of carbonyl (C=O) groups is 2. The van der Waals surface area contributed by atoms with Crippen molar-refractivity contribution in [3.05, 3.63) is 85.1 Å². The lowest BCUT2D eigenvalue weighted by molar-refractivity contribution is -0.161. The van der Waals surface area contributed by atoms with E-state index in [1.54, 1.807) is 12.2 Å². The molecule has 0 spiro atoms. The SMILES string of the molecule is CCCCC/C=C\C/C=C\C/C=C\C/C=C\CCCC(=O)OC[C@H](COP(=O)(O)OC[C@@H](O)CO)OC(=O)CCCC(O)/C=C/C=C/C/C=C/CCCCCCCC. The van der Waals surface area contributed by atoms with Crippen LogP contribution in [0.5, 0.6) is 0 Å². The average Bonchev–Trinajstić information content (AvgIpc) is 3.20. The van der Waals surface area contributed by atoms with Crippen molar-refractivity contribution in [2.24, 2.45) is 0 Å². The minimum absolute atomic E-state index is 0.0559. The number of phosphoric acid groups is 1. The summed E-state index contributed by atoms with van der Waals surface area (Å²) in [5, 5.41) is 28.6. The molecule has 0 aromatic rings. The highest BCUT2D eigenvalue weighted by molar-refractivity contribution is 7.47. The Kier molecular flexibility index (Phi) is 38.8. The number of carbonyl (C=O) groups excluding carboxylic acids is 2. The maximum atomic E-state index is 12.6. The molecule has 11 nitrogen and oxygen atoms in total. The van der Waals surface area contributed by atoms with E-state index in [9.17, 15) is 29.3 Å². The molecule has 0 rings (SSSR count). The summed E-state index contributed by atoms with van der Waals surface area (Å²) in [4.78, 5) is 35.0. The van der Waals surface area contributed by atoms with Crippen molar-refractivity contribution in [1.29, 1.82) is 0 Å². The molecule has 0 aliphatic rings. The summed E-state index contributed by atoms with van der Waals surface area (Å²) in [6.07, 6.45) is 44.4. The van der Waals surface area contributed by atoms with Crippen molar-refractivity contribution in [1.82, 2.24) is 0 Å². The highest BCUT2D eigenvalue weighted by Gasteiger charge is 2.27. The smallest absolute Gasteiger partial charge is 0.462 e. The summed E-state index contributed by atoms with van der Waals surface area (Å²) >= 11 is 0. The highest BCUT2D eigenvalue weighted by Crippen LogP contribution is 2.43. The van der Waals surface area contributed by atoms with Gasteiger partial charge in [-0.1, -0.05) is 144 Å². The Morgan fingerprint density at radius 1 is 0.586 bits per heavy atom. The molecule has 2 unspecified atom stereocenters. The molecular formula is C46H77O11P. The molecule has 0 radical (unpaired) electrons. The molecule has 332 valence electrons. The second kappa shape index (κ2) is 40.9. The van der Waals surface area contributed by atoms with Gasteiger partial charge in [-0.05, 0) is 77.0 Å². The number of hydrogen-bond acceptors (Lipinski definition) is 10. The molecule has 4 atom stereocenters. The van der Waals surface area contributed by atoms with Crippen LogP contribution in [-0.4, -0.2) is 76.9 Å². The van der Waals surface area contributed by atoms with Crippen molar-refractivity contribution in [3.63, 3.8) is 0 Å². The van der Waals surface area contributed by atoms with Crippen molar-refractivity contribution < 1.29 is 52.9 Å². The lowest BCUT2D eigenvalue weighted by atomic mass is 10.1. The maximum Gasteiger partial charge on any atom is 0.472 e. The van der Waals surface area contributed by atoms with E-state index in [2.05, 4.69) is 67.0 Å². The van der Waals surface area contributed by atoms with Gasteiger partial charge < -0.3 is 29.7 Å². The predicted molar refractivity (Wildman–Crippen MR) is 234 cm³/mol. The fraction of sp³-hybridized carbons (Fsp3) is 0.652. The van der Waals surface area contributed by atoms with Crippen LogP contribution in [0.4, 0.5) is 0 Å². The van der Waals surface area contributed by atoms with E-state index in [0.717, 1.165) is 38.5 Å². The van der Waals surface area contributed by atoms with Gasteiger partial charge in [-0.15, -0.1) is 0 Å². The molecule has 0 bridgehead atoms. The molecule has 0 saturated heterocycles. The van der Waals surface area contributed by atoms with E-state index < -0.39 is 64.5 Å². The van der Waals surface area contributed by atoms with Crippen LogP contribution in [0.2, 0.25) is 0 Å². The van der Waals surface area contributed by atoms with Crippen LogP contribution < -0.4 is 0 Å². The third-order valence-electron chi connectivity index (χ3n) is 8.63. The van der Waals surface area contributed by atoms with Gasteiger partial charge in [0.2, 0.25) is 0 Å². The summed E-state index contributed by atoms with van der Waals surface area (Å²) in [5.41, 5.74) is 0. The number of rotatable bonds is 39. The highest BCUT2D eigenvalue weighted by atomic mass is 31.2. The van der Waals surface area contributed by atoms with Crippen molar-refractivity contribution >= 4 is 19.8 Å². The average molecular weight is 837 g/mol. The first-order valence-electron chi connectivity index (χ1n) is 21.7. The minimum Gasteiger partial charge on any atom is -0.462 e. The lowest BCUT2D eigenvalue weighted by Crippen LogP contribution is -2.30. The summed E-state index contributed by atoms with van der Waals surface area (Å²) in [6, 6.07) is 0. The third-order valence-corrected chi connectivity index (χ3v) is 9.58. The number of unbranched alkanes of at least 4 members (excludes halogenated alkanes) is 10. The molecule has 0 aromatic carbocycles. The molecule has 4 N–H and O–H groups in total. The molecular weight excluding hydrogens is 759 g/mol. The number of ether oxygens (including phenoxy) is 2. The Hall–Kier alpha value is -2.89. The third kappa shape index (κ3) is 39.9. The number of hydrogen-bond donors (Lipinski definition) is 4. The van der Waals surface area contributed by atoms with E-state index in [1.165, 1.54) is 57.8 Å². The predicted octanol–water partition coefficient (Wildman–Crippen LogP) is 10.4. The Balaban J connectivity index is 4.60. The van der Waals surface area contributed by atoms with Gasteiger partial charge in [0.1, 0.15) is 12.7 Å². The Morgan fingerprint density at radius 3 is 1.71 bits per heavy atom. The van der Waals surface area contributed by atoms with Crippen molar-refractivity contribution in [2.75, 3.05) is 26.4 Å². The van der Waals surface area contributed by atoms with Crippen LogP contribution in [0.3, 0.4) is 0 Å². The largest absolute Gasteiger partial charge is 0.472 e. The standard InChI is InChI=1S/C46H77O11P/c1-3-5-7-9-11-13-15-17-18-19-20-22-24-26-28-30-32-36-45(50)54-40-44(41-56-58(52,53)55-39-43(49)38-47)57-46(51)37-33-35-42(48)34-31-29-27-25-23-21-16-14-12-10-8-6-4-2/h11,13,17-18,20-23,26-29,31,34,42-44,47-49H,3-10,12,14-16,19,24-25,30,32-33,35-41H2,1-2H3,(H,52,53)/b13-11-,18-17-,22-20-,23-21+,28-26-,29-27+,34-31+/t42?,43-,44+/m0/s1. The molecule has 0 fully saturated rings. The van der Waals surface area contributed by atoms with Gasteiger partial charge in [0.25, 0.3) is 0 Å².